The van der Waals surface area contributed by atoms with Gasteiger partial charge in [0.25, 0.3) is 0 Å². The molecule has 0 radical (unpaired) electrons. The van der Waals surface area contributed by atoms with Crippen LogP contribution in [0.25, 0.3) is 10.9 Å². The average molecular weight is 1080 g/mol. The van der Waals surface area contributed by atoms with E-state index >= 15 is 0 Å². The van der Waals surface area contributed by atoms with E-state index < -0.39 is 132 Å². The highest BCUT2D eigenvalue weighted by Gasteiger charge is 2.37. The minimum Gasteiger partial charge on any atom is -0.481 e. The monoisotopic (exact) mass is 1080 g/mol. The zero-order valence-corrected chi connectivity index (χ0v) is 43.9. The van der Waals surface area contributed by atoms with Crippen molar-refractivity contribution >= 4 is 76.1 Å². The number of primary amides is 1. The van der Waals surface area contributed by atoms with E-state index in [1.807, 2.05) is 0 Å². The van der Waals surface area contributed by atoms with Gasteiger partial charge in [0.1, 0.15) is 36.3 Å². The number of benzene rings is 2. The highest BCUT2D eigenvalue weighted by molar-refractivity contribution is 5.99. The molecule has 1 aromatic heterocycles. The Hall–Kier alpha value is -8.13. The number of aliphatic hydroxyl groups is 1. The molecule has 0 fully saturated rings. The SMILES string of the molecule is CC[C@H](C)[C@H](NC(=O)[C@H](Cc1c[nH]c2ccccc12)NC(=O)[C@H](CCCN=C(N)N)NC(=O)[C@H](CC(N)=O)NC(=O)[C@H](CC(C)C)NC(=O)[C@H](Cc1ccccc1)NC(=O)[C@@H](N)CCC(=O)O)C(=O)N[C@H](C(=O)O)[C@@H](C)O. The molecule has 3 rings (SSSR count). The van der Waals surface area contributed by atoms with Crippen molar-refractivity contribution in [1.29, 1.82) is 0 Å². The van der Waals surface area contributed by atoms with Crippen LogP contribution in [-0.4, -0.2) is 146 Å². The number of hydrogen-bond acceptors (Lipinski definition) is 13. The van der Waals surface area contributed by atoms with Crippen LogP contribution in [0, 0.1) is 11.8 Å². The van der Waals surface area contributed by atoms with Gasteiger partial charge >= 0.3 is 11.9 Å². The summed E-state index contributed by atoms with van der Waals surface area (Å²) in [5.74, 6) is -11.4. The third kappa shape index (κ3) is 21.2. The van der Waals surface area contributed by atoms with Crippen molar-refractivity contribution in [3.05, 3.63) is 71.9 Å². The Bertz CT molecular complexity index is 2550. The fourth-order valence-electron chi connectivity index (χ4n) is 8.04. The van der Waals surface area contributed by atoms with Gasteiger partial charge in [0, 0.05) is 42.9 Å². The van der Waals surface area contributed by atoms with Gasteiger partial charge in [-0.05, 0) is 61.6 Å². The fourth-order valence-corrected chi connectivity index (χ4v) is 8.04. The van der Waals surface area contributed by atoms with Gasteiger partial charge in [-0.25, -0.2) is 4.79 Å². The minimum atomic E-state index is -1.76. The summed E-state index contributed by atoms with van der Waals surface area (Å²) in [5, 5.41) is 47.3. The topological polar surface area (TPSA) is 448 Å². The van der Waals surface area contributed by atoms with Gasteiger partial charge in [-0.1, -0.05) is 82.6 Å². The number of aliphatic imine (C=N–C) groups is 1. The summed E-state index contributed by atoms with van der Waals surface area (Å²) in [6.07, 6.45) is -1.44. The van der Waals surface area contributed by atoms with Crippen molar-refractivity contribution in [2.45, 2.75) is 147 Å². The van der Waals surface area contributed by atoms with Crippen LogP contribution in [0.15, 0.2) is 65.8 Å². The van der Waals surface area contributed by atoms with Gasteiger partial charge in [-0.15, -0.1) is 0 Å². The zero-order valence-electron chi connectivity index (χ0n) is 43.9. The number of aliphatic carboxylic acids is 2. The maximum absolute atomic E-state index is 14.6. The number of carbonyl (C=O) groups is 10. The second-order valence-electron chi connectivity index (χ2n) is 19.3. The second kappa shape index (κ2) is 31.0. The van der Waals surface area contributed by atoms with Crippen molar-refractivity contribution in [2.24, 2.45) is 39.8 Å². The molecule has 0 bridgehead atoms. The van der Waals surface area contributed by atoms with Gasteiger partial charge in [-0.3, -0.25) is 48.1 Å². The van der Waals surface area contributed by atoms with Gasteiger partial charge in [0.2, 0.25) is 47.3 Å². The molecule has 422 valence electrons. The number of nitrogens with one attached hydrogen (secondary N) is 8. The Labute approximate surface area is 445 Å². The van der Waals surface area contributed by atoms with Crippen LogP contribution in [0.5, 0.6) is 0 Å². The second-order valence-corrected chi connectivity index (χ2v) is 19.3. The summed E-state index contributed by atoms with van der Waals surface area (Å²) in [6, 6.07) is 3.75. The first-order chi connectivity index (χ1) is 36.3. The van der Waals surface area contributed by atoms with Crippen molar-refractivity contribution in [3.8, 4) is 0 Å². The Morgan fingerprint density at radius 1 is 0.623 bits per heavy atom. The first-order valence-electron chi connectivity index (χ1n) is 25.2. The molecule has 8 amide bonds. The molecular formula is C51H75N13O13. The lowest BCUT2D eigenvalue weighted by molar-refractivity contribution is -0.145. The predicted octanol–water partition coefficient (Wildman–Crippen LogP) is -1.97. The number of aromatic nitrogens is 1. The maximum atomic E-state index is 14.6. The van der Waals surface area contributed by atoms with Gasteiger partial charge in [-0.2, -0.15) is 0 Å². The van der Waals surface area contributed by atoms with E-state index in [0.717, 1.165) is 0 Å². The Morgan fingerprint density at radius 3 is 1.75 bits per heavy atom. The third-order valence-electron chi connectivity index (χ3n) is 12.4. The van der Waals surface area contributed by atoms with E-state index in [1.165, 1.54) is 6.92 Å². The predicted molar refractivity (Wildman–Crippen MR) is 282 cm³/mol. The maximum Gasteiger partial charge on any atom is 0.328 e. The molecule has 0 aliphatic carbocycles. The summed E-state index contributed by atoms with van der Waals surface area (Å²) in [5.41, 5.74) is 24.5. The van der Waals surface area contributed by atoms with Crippen LogP contribution in [0.3, 0.4) is 0 Å². The van der Waals surface area contributed by atoms with E-state index in [2.05, 4.69) is 47.2 Å². The first kappa shape index (κ1) is 63.2. The molecule has 0 spiro atoms. The first-order valence-corrected chi connectivity index (χ1v) is 25.2. The quantitative estimate of drug-likeness (QED) is 0.0179. The molecule has 0 aliphatic rings. The van der Waals surface area contributed by atoms with E-state index in [-0.39, 0.29) is 56.9 Å². The van der Waals surface area contributed by atoms with Gasteiger partial charge in [0.05, 0.1) is 18.6 Å². The van der Waals surface area contributed by atoms with Crippen LogP contribution in [0.1, 0.15) is 90.7 Å². The van der Waals surface area contributed by atoms with Crippen molar-refractivity contribution in [1.82, 2.24) is 42.2 Å². The van der Waals surface area contributed by atoms with Crippen LogP contribution < -0.4 is 60.2 Å². The molecule has 0 unspecified atom stereocenters. The summed E-state index contributed by atoms with van der Waals surface area (Å²) < 4.78 is 0. The number of para-hydroxylation sites is 1. The summed E-state index contributed by atoms with van der Waals surface area (Å²) in [7, 11) is 0. The van der Waals surface area contributed by atoms with Gasteiger partial charge < -0.3 is 80.5 Å². The molecule has 10 atom stereocenters. The molecule has 19 N–H and O–H groups in total. The zero-order chi connectivity index (χ0) is 57.5. The number of rotatable bonds is 33. The highest BCUT2D eigenvalue weighted by Crippen LogP contribution is 2.20. The number of H-pyrrole nitrogens is 1. The number of amides is 8. The fraction of sp³-hybridized carbons (Fsp3) is 0.510. The van der Waals surface area contributed by atoms with Crippen molar-refractivity contribution in [3.63, 3.8) is 0 Å². The van der Waals surface area contributed by atoms with Crippen LogP contribution in [0.2, 0.25) is 0 Å². The number of guanidine groups is 1. The Balaban J connectivity index is 2.00. The van der Waals surface area contributed by atoms with E-state index in [9.17, 15) is 58.2 Å². The molecule has 1 heterocycles. The number of fused-ring (bicyclic) bond motifs is 1. The Morgan fingerprint density at radius 2 is 1.16 bits per heavy atom. The van der Waals surface area contributed by atoms with Gasteiger partial charge in [0.15, 0.2) is 12.0 Å². The lowest BCUT2D eigenvalue weighted by Gasteiger charge is -2.29. The van der Waals surface area contributed by atoms with E-state index in [1.54, 1.807) is 88.5 Å². The minimum absolute atomic E-state index is 0.0252. The largest absolute Gasteiger partial charge is 0.481 e. The smallest absolute Gasteiger partial charge is 0.328 e. The highest BCUT2D eigenvalue weighted by atomic mass is 16.4. The number of aromatic amines is 1. The number of hydrogen-bond donors (Lipinski definition) is 15. The molecule has 77 heavy (non-hydrogen) atoms. The number of aliphatic hydroxyl groups excluding tert-OH is 1. The summed E-state index contributed by atoms with van der Waals surface area (Å²) >= 11 is 0. The molecule has 2 aromatic carbocycles. The van der Waals surface area contributed by atoms with E-state index in [4.69, 9.17) is 28.0 Å². The number of carbonyl (C=O) groups excluding carboxylic acids is 8. The van der Waals surface area contributed by atoms with E-state index in [0.29, 0.717) is 28.5 Å². The molecule has 0 saturated heterocycles. The number of nitrogens with zero attached hydrogens (tertiary/aromatic N) is 1. The van der Waals surface area contributed by atoms with Crippen LogP contribution >= 0.6 is 0 Å². The Kier molecular flexibility index (Phi) is 25.5. The number of carboxylic acid groups (broad SMARTS) is 2. The molecule has 0 saturated carbocycles. The summed E-state index contributed by atoms with van der Waals surface area (Å²) in [6.45, 7) is 7.99. The molecule has 26 nitrogen and oxygen atoms in total. The lowest BCUT2D eigenvalue weighted by atomic mass is 9.96. The molecular weight excluding hydrogens is 1000 g/mol. The van der Waals surface area contributed by atoms with Crippen LogP contribution in [0.4, 0.5) is 0 Å². The van der Waals surface area contributed by atoms with Crippen molar-refractivity contribution in [2.75, 3.05) is 6.54 Å². The molecule has 0 aliphatic heterocycles. The molecule has 3 aromatic rings. The lowest BCUT2D eigenvalue weighted by Crippen LogP contribution is -2.61. The number of carboxylic acids is 2. The average Bonchev–Trinajstić information content (AvgIpc) is 3.78. The van der Waals surface area contributed by atoms with Crippen molar-refractivity contribution < 1.29 is 63.3 Å². The standard InChI is InChI=1S/C51H75N13O13/c1-6-27(4)41(49(75)64-42(28(5)65)50(76)77)63-48(74)37(23-30-25-57-33-16-11-10-15-31(30)33)61-44(70)34(17-12-20-56-51(54)55)58-47(73)38(24-39(53)66)62-45(71)35(21-26(2)3)60-46(72)36(22-29-13-8-7-9-14-29)59-43(69)32(52)18-19-40(67)68/h7-11,13-16,25-28,32,34-38,41-42,57,65H,6,12,17-24,52H2,1-5H3,(H2,53,66)(H,58,73)(H,59,69)(H,60,72)(H,61,70)(H,62,71)(H,63,74)(H,64,75)(H,67,68)(H,76,77)(H4,54,55,56)/t27-,28+,32-,34-,35-,36-,37-,38-,41-,42-/m0/s1. The normalized spacial score (nSPS) is 15.1. The third-order valence-corrected chi connectivity index (χ3v) is 12.4. The van der Waals surface area contributed by atoms with Crippen LogP contribution in [-0.2, 0) is 60.8 Å². The number of nitrogens with two attached hydrogens (primary N) is 4. The molecule has 26 heteroatoms. The summed E-state index contributed by atoms with van der Waals surface area (Å²) in [4.78, 5) is 141.